The van der Waals surface area contributed by atoms with Gasteiger partial charge in [-0.2, -0.15) is 0 Å². The zero-order chi connectivity index (χ0) is 19.1. The minimum atomic E-state index is -0.359. The maximum absolute atomic E-state index is 12.8. The van der Waals surface area contributed by atoms with Crippen LogP contribution in [0.3, 0.4) is 0 Å². The molecule has 0 saturated carbocycles. The summed E-state index contributed by atoms with van der Waals surface area (Å²) in [6.07, 6.45) is 2.34. The van der Waals surface area contributed by atoms with E-state index in [0.29, 0.717) is 29.9 Å². The second-order valence-corrected chi connectivity index (χ2v) is 9.60. The maximum atomic E-state index is 12.8. The molecule has 0 radical (unpaired) electrons. The van der Waals surface area contributed by atoms with Crippen molar-refractivity contribution in [2.45, 2.75) is 51.2 Å². The number of hydrogen-bond acceptors (Lipinski definition) is 5. The Morgan fingerprint density at radius 2 is 1.73 bits per heavy atom. The Balaban J connectivity index is 1.73. The minimum Gasteiger partial charge on any atom is -0.312 e. The number of thioether (sulfide) groups is 2. The lowest BCUT2D eigenvalue weighted by atomic mass is 10.1. The molecule has 26 heavy (non-hydrogen) atoms. The molecule has 0 aromatic carbocycles. The first-order valence-corrected chi connectivity index (χ1v) is 11.2. The van der Waals surface area contributed by atoms with Gasteiger partial charge in [0.15, 0.2) is 4.20 Å². The zero-order valence-corrected chi connectivity index (χ0v) is 17.5. The number of hydrogen-bond donors (Lipinski definition) is 0. The van der Waals surface area contributed by atoms with E-state index in [9.17, 15) is 14.4 Å². The van der Waals surface area contributed by atoms with Gasteiger partial charge in [0, 0.05) is 35.6 Å². The lowest BCUT2D eigenvalue weighted by molar-refractivity contribution is -0.137. The molecular weight excluding hydrogens is 368 g/mol. The van der Waals surface area contributed by atoms with Crippen LogP contribution in [0.5, 0.6) is 0 Å². The third-order valence-electron chi connectivity index (χ3n) is 5.45. The maximum Gasteiger partial charge on any atom is 0.257 e. The molecule has 3 heterocycles. The van der Waals surface area contributed by atoms with Crippen LogP contribution in [0.1, 0.15) is 47.0 Å². The van der Waals surface area contributed by atoms with Crippen molar-refractivity contribution in [2.75, 3.05) is 24.6 Å². The summed E-state index contributed by atoms with van der Waals surface area (Å²) >= 11 is 3.51. The molecule has 0 aromatic heterocycles. The van der Waals surface area contributed by atoms with E-state index in [1.165, 1.54) is 4.90 Å². The number of imide groups is 1. The number of amides is 3. The van der Waals surface area contributed by atoms with Gasteiger partial charge >= 0.3 is 0 Å². The lowest BCUT2D eigenvalue weighted by Crippen LogP contribution is -2.47. The van der Waals surface area contributed by atoms with Gasteiger partial charge in [-0.3, -0.25) is 19.3 Å². The molecule has 1 saturated heterocycles. The van der Waals surface area contributed by atoms with Crippen LogP contribution in [0.2, 0.25) is 0 Å². The Labute approximate surface area is 163 Å². The molecule has 0 aromatic rings. The molecule has 3 amide bonds. The smallest absolute Gasteiger partial charge is 0.257 e. The normalized spacial score (nSPS) is 26.5. The highest BCUT2D eigenvalue weighted by Crippen LogP contribution is 2.54. The van der Waals surface area contributed by atoms with E-state index in [1.54, 1.807) is 18.7 Å². The van der Waals surface area contributed by atoms with Crippen molar-refractivity contribution in [1.29, 1.82) is 0 Å². The van der Waals surface area contributed by atoms with Gasteiger partial charge in [-0.15, -0.1) is 23.5 Å². The van der Waals surface area contributed by atoms with E-state index < -0.39 is 0 Å². The summed E-state index contributed by atoms with van der Waals surface area (Å²) < 4.78 is -0.359. The van der Waals surface area contributed by atoms with Crippen molar-refractivity contribution in [3.8, 4) is 0 Å². The number of nitrogens with zero attached hydrogens (tertiary/aromatic N) is 2. The molecule has 5 nitrogen and oxygen atoms in total. The number of carbonyl (C=O) groups excluding carboxylic acids is 3. The molecular formula is C19H26N2O3S2. The molecule has 0 bridgehead atoms. The average Bonchev–Trinajstić information content (AvgIpc) is 2.98. The summed E-state index contributed by atoms with van der Waals surface area (Å²) in [5.41, 5.74) is 3.27. The first kappa shape index (κ1) is 19.5. The summed E-state index contributed by atoms with van der Waals surface area (Å²) in [5, 5.41) is 0. The highest BCUT2D eigenvalue weighted by Gasteiger charge is 2.51. The predicted octanol–water partition coefficient (Wildman–Crippen LogP) is 3.17. The second-order valence-electron chi connectivity index (χ2n) is 6.77. The van der Waals surface area contributed by atoms with Crippen molar-refractivity contribution >= 4 is 41.2 Å². The van der Waals surface area contributed by atoms with Gasteiger partial charge in [0.2, 0.25) is 0 Å². The van der Waals surface area contributed by atoms with Crippen molar-refractivity contribution in [3.05, 3.63) is 22.3 Å². The SMILES string of the molecule is CCC1=C(C)C(=O)N(CCSC23SCCCN2C(=O)C(CC)=C3C)C1=O. The summed E-state index contributed by atoms with van der Waals surface area (Å²) in [4.78, 5) is 40.9. The van der Waals surface area contributed by atoms with Crippen LogP contribution in [0.25, 0.3) is 0 Å². The van der Waals surface area contributed by atoms with Crippen LogP contribution >= 0.6 is 23.5 Å². The molecule has 3 rings (SSSR count). The Kier molecular flexibility index (Phi) is 5.58. The Morgan fingerprint density at radius 1 is 1.04 bits per heavy atom. The molecule has 0 N–H and O–H groups in total. The van der Waals surface area contributed by atoms with E-state index in [4.69, 9.17) is 0 Å². The van der Waals surface area contributed by atoms with E-state index >= 15 is 0 Å². The first-order chi connectivity index (χ1) is 12.4. The van der Waals surface area contributed by atoms with Crippen LogP contribution in [-0.2, 0) is 14.4 Å². The molecule has 7 heteroatoms. The molecule has 0 aliphatic carbocycles. The fraction of sp³-hybridized carbons (Fsp3) is 0.632. The fourth-order valence-corrected chi connectivity index (χ4v) is 7.28. The standard InChI is InChI=1S/C19H26N2O3S2/c1-5-14-12(3)16(22)20(17(14)23)9-11-26-19-13(4)15(6-2)18(24)21(19)8-7-10-25-19/h5-11H2,1-4H3. The monoisotopic (exact) mass is 394 g/mol. The van der Waals surface area contributed by atoms with E-state index in [-0.39, 0.29) is 21.9 Å². The summed E-state index contributed by atoms with van der Waals surface area (Å²) in [5.74, 6) is 1.50. The topological polar surface area (TPSA) is 57.7 Å². The van der Waals surface area contributed by atoms with Gasteiger partial charge in [0.05, 0.1) is 0 Å². The van der Waals surface area contributed by atoms with E-state index in [1.807, 2.05) is 30.5 Å². The van der Waals surface area contributed by atoms with Gasteiger partial charge in [0.25, 0.3) is 17.7 Å². The molecule has 3 aliphatic heterocycles. The molecule has 1 fully saturated rings. The van der Waals surface area contributed by atoms with Crippen LogP contribution in [0.4, 0.5) is 0 Å². The van der Waals surface area contributed by atoms with Crippen LogP contribution < -0.4 is 0 Å². The van der Waals surface area contributed by atoms with Crippen LogP contribution in [-0.4, -0.2) is 56.3 Å². The van der Waals surface area contributed by atoms with Crippen LogP contribution in [0.15, 0.2) is 22.3 Å². The number of fused-ring (bicyclic) bond motifs is 1. The van der Waals surface area contributed by atoms with Gasteiger partial charge in [0.1, 0.15) is 0 Å². The highest BCUT2D eigenvalue weighted by atomic mass is 32.2. The summed E-state index contributed by atoms with van der Waals surface area (Å²) in [6, 6.07) is 0. The summed E-state index contributed by atoms with van der Waals surface area (Å²) in [7, 11) is 0. The fourth-order valence-electron chi connectivity index (χ4n) is 4.00. The van der Waals surface area contributed by atoms with E-state index in [0.717, 1.165) is 36.3 Å². The molecule has 142 valence electrons. The minimum absolute atomic E-state index is 0.148. The van der Waals surface area contributed by atoms with Gasteiger partial charge in [-0.05, 0) is 44.4 Å². The quantitative estimate of drug-likeness (QED) is 0.648. The zero-order valence-electron chi connectivity index (χ0n) is 15.9. The predicted molar refractivity (Wildman–Crippen MR) is 107 cm³/mol. The summed E-state index contributed by atoms with van der Waals surface area (Å²) in [6.45, 7) is 8.90. The molecule has 3 aliphatic rings. The van der Waals surface area contributed by atoms with Crippen molar-refractivity contribution in [1.82, 2.24) is 9.80 Å². The molecule has 1 atom stereocenters. The van der Waals surface area contributed by atoms with Crippen molar-refractivity contribution in [2.24, 2.45) is 0 Å². The molecule has 1 unspecified atom stereocenters. The highest BCUT2D eigenvalue weighted by molar-refractivity contribution is 8.18. The number of carbonyl (C=O) groups is 3. The van der Waals surface area contributed by atoms with Gasteiger partial charge in [-0.25, -0.2) is 0 Å². The third kappa shape index (κ3) is 2.83. The lowest BCUT2D eigenvalue weighted by Gasteiger charge is -2.42. The molecule has 0 spiro atoms. The van der Waals surface area contributed by atoms with Gasteiger partial charge in [-0.1, -0.05) is 13.8 Å². The Morgan fingerprint density at radius 3 is 2.35 bits per heavy atom. The van der Waals surface area contributed by atoms with Crippen molar-refractivity contribution < 1.29 is 14.4 Å². The van der Waals surface area contributed by atoms with Gasteiger partial charge < -0.3 is 4.90 Å². The largest absolute Gasteiger partial charge is 0.312 e. The van der Waals surface area contributed by atoms with Crippen LogP contribution in [0, 0.1) is 0 Å². The van der Waals surface area contributed by atoms with E-state index in [2.05, 4.69) is 6.92 Å². The third-order valence-corrected chi connectivity index (χ3v) is 8.87. The number of rotatable bonds is 6. The Bertz CT molecular complexity index is 728. The average molecular weight is 395 g/mol. The second kappa shape index (κ2) is 7.43. The first-order valence-electron chi connectivity index (χ1n) is 9.25. The Hall–Kier alpha value is -1.21. The van der Waals surface area contributed by atoms with Crippen molar-refractivity contribution in [3.63, 3.8) is 0 Å².